The molecule has 0 radical (unpaired) electrons. The maximum absolute atomic E-state index is 12.8. The number of carbonyl (C=O) groups excluding carboxylic acids is 1. The molecule has 5 rings (SSSR count). The van der Waals surface area contributed by atoms with E-state index in [0.29, 0.717) is 18.9 Å². The highest BCUT2D eigenvalue weighted by atomic mass is 16.5. The minimum atomic E-state index is -0.134. The third-order valence-corrected chi connectivity index (χ3v) is 5.82. The molecule has 29 heavy (non-hydrogen) atoms. The Kier molecular flexibility index (Phi) is 4.99. The maximum Gasteiger partial charge on any atom is 0.272 e. The topological polar surface area (TPSA) is 83.1 Å². The first-order chi connectivity index (χ1) is 14.3. The lowest BCUT2D eigenvalue weighted by atomic mass is 10.0. The number of ether oxygens (including phenoxy) is 1. The second-order valence-corrected chi connectivity index (χ2v) is 7.90. The molecule has 7 heteroatoms. The molecule has 0 bridgehead atoms. The third kappa shape index (κ3) is 3.88. The normalized spacial score (nSPS) is 17.9. The molecule has 1 aromatic carbocycles. The van der Waals surface area contributed by atoms with Crippen LogP contribution in [-0.2, 0) is 11.3 Å². The van der Waals surface area contributed by atoms with E-state index in [9.17, 15) is 4.79 Å². The van der Waals surface area contributed by atoms with Crippen LogP contribution in [0.15, 0.2) is 36.7 Å². The van der Waals surface area contributed by atoms with Crippen LogP contribution < -0.4 is 5.32 Å². The summed E-state index contributed by atoms with van der Waals surface area (Å²) in [5.74, 6) is -0.134. The van der Waals surface area contributed by atoms with E-state index in [1.165, 1.54) is 12.0 Å². The molecule has 0 saturated carbocycles. The first kappa shape index (κ1) is 18.3. The zero-order valence-corrected chi connectivity index (χ0v) is 16.4. The molecule has 4 heterocycles. The van der Waals surface area contributed by atoms with Gasteiger partial charge in [0.05, 0.1) is 5.52 Å². The lowest BCUT2D eigenvalue weighted by Crippen LogP contribution is -2.39. The van der Waals surface area contributed by atoms with Gasteiger partial charge in [-0.1, -0.05) is 6.07 Å². The minimum Gasteiger partial charge on any atom is -0.381 e. The van der Waals surface area contributed by atoms with Crippen molar-refractivity contribution < 1.29 is 9.53 Å². The third-order valence-electron chi connectivity index (χ3n) is 5.82. The van der Waals surface area contributed by atoms with Gasteiger partial charge in [0.1, 0.15) is 0 Å². The number of carbonyl (C=O) groups is 1. The molecule has 7 nitrogen and oxygen atoms in total. The van der Waals surface area contributed by atoms with E-state index in [4.69, 9.17) is 4.74 Å². The van der Waals surface area contributed by atoms with Crippen LogP contribution in [0.1, 0.15) is 35.3 Å². The predicted molar refractivity (Wildman–Crippen MR) is 111 cm³/mol. The van der Waals surface area contributed by atoms with Gasteiger partial charge < -0.3 is 10.1 Å². The largest absolute Gasteiger partial charge is 0.381 e. The highest BCUT2D eigenvalue weighted by Crippen LogP contribution is 2.26. The smallest absolute Gasteiger partial charge is 0.272 e. The zero-order valence-electron chi connectivity index (χ0n) is 16.4. The van der Waals surface area contributed by atoms with Gasteiger partial charge in [0, 0.05) is 49.1 Å². The van der Waals surface area contributed by atoms with E-state index < -0.39 is 0 Å². The molecule has 0 spiro atoms. The van der Waals surface area contributed by atoms with Gasteiger partial charge in [-0.25, -0.2) is 0 Å². The van der Waals surface area contributed by atoms with E-state index in [1.54, 1.807) is 0 Å². The number of amides is 1. The fraction of sp³-hybridized carbons (Fsp3) is 0.409. The standard InChI is InChI=1S/C22H25N5O2/c28-22(24-18-4-8-29-9-5-18)21-19-11-16(2-3-20(19)25-26-21)17-10-15(12-23-13-17)14-27-6-1-7-27/h2-3,10-13,18H,1,4-9,14H2,(H,24,28)(H,25,26). The molecule has 2 fully saturated rings. The van der Waals surface area contributed by atoms with Crippen molar-refractivity contribution in [2.45, 2.75) is 31.8 Å². The maximum atomic E-state index is 12.8. The fourth-order valence-corrected chi connectivity index (χ4v) is 3.99. The molecule has 2 saturated heterocycles. The van der Waals surface area contributed by atoms with Crippen molar-refractivity contribution in [1.29, 1.82) is 0 Å². The SMILES string of the molecule is O=C(NC1CCOCC1)c1n[nH]c2ccc(-c3cncc(CN4CCC4)c3)cc12. The molecule has 0 aliphatic carbocycles. The second-order valence-electron chi connectivity index (χ2n) is 7.90. The Morgan fingerprint density at radius 2 is 2.03 bits per heavy atom. The quantitative estimate of drug-likeness (QED) is 0.699. The molecule has 2 N–H and O–H groups in total. The van der Waals surface area contributed by atoms with Crippen LogP contribution in [0.5, 0.6) is 0 Å². The molecular weight excluding hydrogens is 366 g/mol. The van der Waals surface area contributed by atoms with Gasteiger partial charge in [-0.15, -0.1) is 0 Å². The summed E-state index contributed by atoms with van der Waals surface area (Å²) in [6.45, 7) is 4.65. The number of likely N-dealkylation sites (tertiary alicyclic amines) is 1. The molecule has 2 aromatic heterocycles. The van der Waals surface area contributed by atoms with Crippen LogP contribution in [0.4, 0.5) is 0 Å². The number of hydrogen-bond donors (Lipinski definition) is 2. The number of pyridine rings is 1. The van der Waals surface area contributed by atoms with Crippen LogP contribution in [-0.4, -0.2) is 58.3 Å². The number of aromatic nitrogens is 3. The molecule has 0 atom stereocenters. The number of nitrogens with one attached hydrogen (secondary N) is 2. The minimum absolute atomic E-state index is 0.134. The van der Waals surface area contributed by atoms with Crippen LogP contribution >= 0.6 is 0 Å². The number of hydrogen-bond acceptors (Lipinski definition) is 5. The average molecular weight is 391 g/mol. The molecular formula is C22H25N5O2. The number of nitrogens with zero attached hydrogens (tertiary/aromatic N) is 3. The highest BCUT2D eigenvalue weighted by Gasteiger charge is 2.21. The van der Waals surface area contributed by atoms with E-state index in [0.717, 1.165) is 54.5 Å². The van der Waals surface area contributed by atoms with E-state index in [2.05, 4.69) is 31.5 Å². The van der Waals surface area contributed by atoms with Gasteiger partial charge in [-0.2, -0.15) is 5.10 Å². The predicted octanol–water partition coefficient (Wildman–Crippen LogP) is 2.74. The molecule has 2 aliphatic heterocycles. The van der Waals surface area contributed by atoms with Gasteiger partial charge in [-0.3, -0.25) is 19.8 Å². The average Bonchev–Trinajstić information content (AvgIpc) is 3.15. The van der Waals surface area contributed by atoms with Crippen molar-refractivity contribution in [3.8, 4) is 11.1 Å². The Labute approximate surface area is 169 Å². The van der Waals surface area contributed by atoms with E-state index in [1.807, 2.05) is 30.6 Å². The number of rotatable bonds is 5. The summed E-state index contributed by atoms with van der Waals surface area (Å²) in [6.07, 6.45) is 6.78. The zero-order chi connectivity index (χ0) is 19.6. The summed E-state index contributed by atoms with van der Waals surface area (Å²) >= 11 is 0. The summed E-state index contributed by atoms with van der Waals surface area (Å²) in [7, 11) is 0. The molecule has 3 aromatic rings. The van der Waals surface area contributed by atoms with Crippen LogP contribution in [0.3, 0.4) is 0 Å². The Balaban J connectivity index is 1.40. The molecule has 2 aliphatic rings. The molecule has 1 amide bonds. The summed E-state index contributed by atoms with van der Waals surface area (Å²) in [4.78, 5) is 19.6. The first-order valence-electron chi connectivity index (χ1n) is 10.3. The number of benzene rings is 1. The van der Waals surface area contributed by atoms with Crippen molar-refractivity contribution in [3.05, 3.63) is 47.9 Å². The van der Waals surface area contributed by atoms with Crippen molar-refractivity contribution in [3.63, 3.8) is 0 Å². The highest BCUT2D eigenvalue weighted by molar-refractivity contribution is 6.05. The van der Waals surface area contributed by atoms with E-state index >= 15 is 0 Å². The van der Waals surface area contributed by atoms with Crippen LogP contribution in [0, 0.1) is 0 Å². The monoisotopic (exact) mass is 391 g/mol. The summed E-state index contributed by atoms with van der Waals surface area (Å²) < 4.78 is 5.37. The summed E-state index contributed by atoms with van der Waals surface area (Å²) in [5.41, 5.74) is 4.61. The van der Waals surface area contributed by atoms with Crippen LogP contribution in [0.25, 0.3) is 22.0 Å². The Hall–Kier alpha value is -2.77. The Bertz CT molecular complexity index is 1020. The van der Waals surface area contributed by atoms with Gasteiger partial charge in [-0.05, 0) is 61.7 Å². The number of H-pyrrole nitrogens is 1. The van der Waals surface area contributed by atoms with Crippen molar-refractivity contribution in [1.82, 2.24) is 25.4 Å². The molecule has 150 valence electrons. The van der Waals surface area contributed by atoms with Crippen molar-refractivity contribution >= 4 is 16.8 Å². The Morgan fingerprint density at radius 1 is 1.17 bits per heavy atom. The van der Waals surface area contributed by atoms with Crippen molar-refractivity contribution in [2.75, 3.05) is 26.3 Å². The molecule has 0 unspecified atom stereocenters. The van der Waals surface area contributed by atoms with Gasteiger partial charge in [0.2, 0.25) is 0 Å². The Morgan fingerprint density at radius 3 is 2.83 bits per heavy atom. The number of aromatic amines is 1. The van der Waals surface area contributed by atoms with Crippen LogP contribution in [0.2, 0.25) is 0 Å². The van der Waals surface area contributed by atoms with E-state index in [-0.39, 0.29) is 11.9 Å². The fourth-order valence-electron chi connectivity index (χ4n) is 3.99. The lowest BCUT2D eigenvalue weighted by molar-refractivity contribution is 0.0695. The first-order valence-corrected chi connectivity index (χ1v) is 10.3. The van der Waals surface area contributed by atoms with Gasteiger partial charge in [0.15, 0.2) is 5.69 Å². The number of fused-ring (bicyclic) bond motifs is 1. The van der Waals surface area contributed by atoms with Gasteiger partial charge >= 0.3 is 0 Å². The van der Waals surface area contributed by atoms with Gasteiger partial charge in [0.25, 0.3) is 5.91 Å². The second kappa shape index (κ2) is 7.93. The van der Waals surface area contributed by atoms with Crippen molar-refractivity contribution in [2.24, 2.45) is 0 Å². The summed E-state index contributed by atoms with van der Waals surface area (Å²) in [6, 6.07) is 8.39. The lowest BCUT2D eigenvalue weighted by Gasteiger charge is -2.30. The summed E-state index contributed by atoms with van der Waals surface area (Å²) in [5, 5.41) is 11.2.